The molecule has 1 N–H and O–H groups in total. The number of rotatable bonds is 7. The van der Waals surface area contributed by atoms with E-state index in [1.54, 1.807) is 6.21 Å². The Hall–Kier alpha value is -0.900. The number of carbonyl (C=O) groups is 1. The quantitative estimate of drug-likeness (QED) is 0.701. The van der Waals surface area contributed by atoms with E-state index in [2.05, 4.69) is 37.6 Å². The summed E-state index contributed by atoms with van der Waals surface area (Å²) in [4.78, 5) is 16.8. The molecule has 0 aromatic heterocycles. The van der Waals surface area contributed by atoms with Crippen molar-refractivity contribution in [3.05, 3.63) is 0 Å². The second kappa shape index (κ2) is 9.70. The molecule has 4 heteroatoms. The molecule has 1 saturated heterocycles. The van der Waals surface area contributed by atoms with Crippen LogP contribution in [-0.4, -0.2) is 54.1 Å². The van der Waals surface area contributed by atoms with Crippen LogP contribution in [0.5, 0.6) is 0 Å². The smallest absolute Gasteiger partial charge is 0.222 e. The number of amides is 1. The summed E-state index contributed by atoms with van der Waals surface area (Å²) >= 11 is 0. The van der Waals surface area contributed by atoms with Crippen LogP contribution in [0.3, 0.4) is 0 Å². The van der Waals surface area contributed by atoms with Gasteiger partial charge in [0.1, 0.15) is 0 Å². The average molecular weight is 350 g/mol. The molecule has 2 rings (SSSR count). The summed E-state index contributed by atoms with van der Waals surface area (Å²) in [5, 5.41) is 7.57. The molecule has 0 bridgehead atoms. The zero-order chi connectivity index (χ0) is 18.4. The number of hydrogen-bond donors (Lipinski definition) is 1. The lowest BCUT2D eigenvalue weighted by Gasteiger charge is -2.38. The summed E-state index contributed by atoms with van der Waals surface area (Å²) in [6.45, 7) is 8.58. The van der Waals surface area contributed by atoms with Crippen LogP contribution in [-0.2, 0) is 4.79 Å². The molecular formula is C21H39N3O. The molecule has 2 atom stereocenters. The van der Waals surface area contributed by atoms with Crippen molar-refractivity contribution in [2.75, 3.05) is 20.1 Å². The van der Waals surface area contributed by atoms with Gasteiger partial charge in [-0.1, -0.05) is 6.92 Å². The minimum atomic E-state index is 0.296. The maximum atomic E-state index is 12.3. The fraction of sp³-hybridized carbons (Fsp3) is 0.905. The fourth-order valence-corrected chi connectivity index (χ4v) is 4.93. The van der Waals surface area contributed by atoms with Crippen molar-refractivity contribution in [1.82, 2.24) is 9.80 Å². The van der Waals surface area contributed by atoms with E-state index in [0.29, 0.717) is 23.9 Å². The Morgan fingerprint density at radius 1 is 1.20 bits per heavy atom. The van der Waals surface area contributed by atoms with E-state index in [9.17, 15) is 4.79 Å². The number of nitrogens with one attached hydrogen (secondary N) is 1. The van der Waals surface area contributed by atoms with E-state index in [1.165, 1.54) is 32.1 Å². The number of carbonyl (C=O) groups excluding carboxylic acids is 1. The van der Waals surface area contributed by atoms with Crippen molar-refractivity contribution in [2.45, 2.75) is 84.2 Å². The Morgan fingerprint density at radius 3 is 2.44 bits per heavy atom. The highest BCUT2D eigenvalue weighted by Gasteiger charge is 2.33. The second-order valence-electron chi connectivity index (χ2n) is 8.65. The summed E-state index contributed by atoms with van der Waals surface area (Å²) in [7, 11) is 2.17. The summed E-state index contributed by atoms with van der Waals surface area (Å²) in [5.41, 5.74) is 0. The van der Waals surface area contributed by atoms with Gasteiger partial charge in [-0.05, 0) is 83.6 Å². The SMILES string of the molecule is CCC(C=N)N(C)CC1CCC(C2CCCC(=O)N(C(C)C)C2)CC1. The Balaban J connectivity index is 1.84. The van der Waals surface area contributed by atoms with Gasteiger partial charge in [0, 0.05) is 37.8 Å². The molecule has 4 nitrogen and oxygen atoms in total. The largest absolute Gasteiger partial charge is 0.340 e. The first-order valence-electron chi connectivity index (χ1n) is 10.5. The number of nitrogens with zero attached hydrogens (tertiary/aromatic N) is 2. The molecule has 2 unspecified atom stereocenters. The lowest BCUT2D eigenvalue weighted by atomic mass is 9.74. The van der Waals surface area contributed by atoms with Crippen LogP contribution in [0.1, 0.15) is 72.1 Å². The first-order valence-corrected chi connectivity index (χ1v) is 10.5. The van der Waals surface area contributed by atoms with Crippen LogP contribution in [0.15, 0.2) is 0 Å². The molecule has 0 aromatic carbocycles. The lowest BCUT2D eigenvalue weighted by molar-refractivity contribution is -0.132. The summed E-state index contributed by atoms with van der Waals surface area (Å²) in [6.07, 6.45) is 10.9. The van der Waals surface area contributed by atoms with Gasteiger partial charge in [-0.15, -0.1) is 0 Å². The molecule has 1 amide bonds. The van der Waals surface area contributed by atoms with Gasteiger partial charge in [0.25, 0.3) is 0 Å². The minimum Gasteiger partial charge on any atom is -0.340 e. The molecule has 0 aromatic rings. The van der Waals surface area contributed by atoms with Crippen LogP contribution in [0.4, 0.5) is 0 Å². The molecular weight excluding hydrogens is 310 g/mol. The van der Waals surface area contributed by atoms with Gasteiger partial charge in [-0.2, -0.15) is 0 Å². The Labute approximate surface area is 154 Å². The molecule has 25 heavy (non-hydrogen) atoms. The van der Waals surface area contributed by atoms with Crippen molar-refractivity contribution in [2.24, 2.45) is 17.8 Å². The van der Waals surface area contributed by atoms with Crippen LogP contribution in [0.25, 0.3) is 0 Å². The molecule has 0 radical (unpaired) electrons. The van der Waals surface area contributed by atoms with Crippen LogP contribution in [0, 0.1) is 23.2 Å². The third-order valence-corrected chi connectivity index (χ3v) is 6.62. The maximum absolute atomic E-state index is 12.3. The molecule has 1 saturated carbocycles. The van der Waals surface area contributed by atoms with Gasteiger partial charge in [0.2, 0.25) is 5.91 Å². The lowest BCUT2D eigenvalue weighted by Crippen LogP contribution is -2.41. The van der Waals surface area contributed by atoms with E-state index >= 15 is 0 Å². The van der Waals surface area contributed by atoms with Crippen LogP contribution >= 0.6 is 0 Å². The van der Waals surface area contributed by atoms with Crippen molar-refractivity contribution < 1.29 is 4.79 Å². The zero-order valence-corrected chi connectivity index (χ0v) is 16.8. The Bertz CT molecular complexity index is 429. The van der Waals surface area contributed by atoms with Gasteiger partial charge >= 0.3 is 0 Å². The van der Waals surface area contributed by atoms with Crippen molar-refractivity contribution in [3.8, 4) is 0 Å². The van der Waals surface area contributed by atoms with E-state index < -0.39 is 0 Å². The second-order valence-corrected chi connectivity index (χ2v) is 8.65. The Morgan fingerprint density at radius 2 is 1.88 bits per heavy atom. The number of hydrogen-bond acceptors (Lipinski definition) is 3. The molecule has 144 valence electrons. The van der Waals surface area contributed by atoms with Gasteiger partial charge in [-0.3, -0.25) is 9.69 Å². The van der Waals surface area contributed by atoms with Crippen molar-refractivity contribution in [1.29, 1.82) is 5.41 Å². The summed E-state index contributed by atoms with van der Waals surface area (Å²) < 4.78 is 0. The predicted molar refractivity (Wildman–Crippen MR) is 105 cm³/mol. The van der Waals surface area contributed by atoms with E-state index in [1.807, 2.05) is 0 Å². The number of likely N-dealkylation sites (tertiary alicyclic amines) is 1. The van der Waals surface area contributed by atoms with E-state index in [4.69, 9.17) is 5.41 Å². The van der Waals surface area contributed by atoms with Gasteiger partial charge in [0.05, 0.1) is 0 Å². The summed E-state index contributed by atoms with van der Waals surface area (Å²) in [5.74, 6) is 2.66. The van der Waals surface area contributed by atoms with Crippen LogP contribution in [0.2, 0.25) is 0 Å². The first-order chi connectivity index (χ1) is 12.0. The highest BCUT2D eigenvalue weighted by atomic mass is 16.2. The van der Waals surface area contributed by atoms with Gasteiger partial charge in [-0.25, -0.2) is 0 Å². The third-order valence-electron chi connectivity index (χ3n) is 6.62. The Kier molecular flexibility index (Phi) is 7.92. The fourth-order valence-electron chi connectivity index (χ4n) is 4.93. The standard InChI is InChI=1S/C21H39N3O/c1-5-20(13-22)23(4)14-17-9-11-18(12-10-17)19-7-6-8-21(25)24(15-19)16(2)3/h13,16-20,22H,5-12,14-15H2,1-4H3. The van der Waals surface area contributed by atoms with E-state index in [-0.39, 0.29) is 0 Å². The summed E-state index contributed by atoms with van der Waals surface area (Å²) in [6, 6.07) is 0.635. The molecule has 0 spiro atoms. The highest BCUT2D eigenvalue weighted by molar-refractivity contribution is 5.76. The average Bonchev–Trinajstić information content (AvgIpc) is 2.78. The predicted octanol–water partition coefficient (Wildman–Crippen LogP) is 4.19. The molecule has 1 heterocycles. The van der Waals surface area contributed by atoms with Gasteiger partial charge in [0.15, 0.2) is 0 Å². The maximum Gasteiger partial charge on any atom is 0.222 e. The minimum absolute atomic E-state index is 0.296. The molecule has 2 aliphatic rings. The normalized spacial score (nSPS) is 29.8. The zero-order valence-electron chi connectivity index (χ0n) is 16.8. The van der Waals surface area contributed by atoms with Crippen molar-refractivity contribution >= 4 is 12.1 Å². The van der Waals surface area contributed by atoms with Crippen molar-refractivity contribution in [3.63, 3.8) is 0 Å². The molecule has 1 aliphatic carbocycles. The van der Waals surface area contributed by atoms with Crippen LogP contribution < -0.4 is 0 Å². The third kappa shape index (κ3) is 5.54. The highest BCUT2D eigenvalue weighted by Crippen LogP contribution is 2.37. The van der Waals surface area contributed by atoms with Gasteiger partial charge < -0.3 is 10.3 Å². The van der Waals surface area contributed by atoms with E-state index in [0.717, 1.165) is 44.2 Å². The monoisotopic (exact) mass is 349 g/mol. The molecule has 2 fully saturated rings. The molecule has 1 aliphatic heterocycles. The first kappa shape index (κ1) is 20.4. The topological polar surface area (TPSA) is 47.4 Å².